The number of hydrogen-bond donors (Lipinski definition) is 2. The van der Waals surface area contributed by atoms with Crippen molar-refractivity contribution in [3.8, 4) is 5.75 Å². The molecule has 1 saturated heterocycles. The molecule has 0 aliphatic carbocycles. The molecule has 0 amide bonds. The lowest BCUT2D eigenvalue weighted by atomic mass is 10.0. The van der Waals surface area contributed by atoms with Crippen LogP contribution in [0.15, 0.2) is 60.7 Å². The summed E-state index contributed by atoms with van der Waals surface area (Å²) in [5, 5.41) is 15.3. The zero-order chi connectivity index (χ0) is 18.8. The van der Waals surface area contributed by atoms with Gasteiger partial charge in [0.1, 0.15) is 18.4 Å². The van der Waals surface area contributed by atoms with E-state index in [1.54, 1.807) is 11.8 Å². The molecule has 0 aromatic heterocycles. The molecule has 0 radical (unpaired) electrons. The van der Waals surface area contributed by atoms with E-state index in [-0.39, 0.29) is 5.37 Å². The van der Waals surface area contributed by atoms with Crippen molar-refractivity contribution >= 4 is 40.1 Å². The maximum absolute atomic E-state index is 11.3. The first-order chi connectivity index (χ1) is 13.1. The van der Waals surface area contributed by atoms with Gasteiger partial charge in [0.2, 0.25) is 0 Å². The third-order valence-electron chi connectivity index (χ3n) is 4.58. The summed E-state index contributed by atoms with van der Waals surface area (Å²) in [4.78, 5) is 11.3. The van der Waals surface area contributed by atoms with E-state index in [0.717, 1.165) is 27.6 Å². The van der Waals surface area contributed by atoms with E-state index in [0.29, 0.717) is 17.4 Å². The van der Waals surface area contributed by atoms with E-state index in [1.807, 2.05) is 48.5 Å². The zero-order valence-electron chi connectivity index (χ0n) is 14.4. The second-order valence-corrected chi connectivity index (χ2v) is 7.96. The minimum absolute atomic E-state index is 0.127. The predicted octanol–water partition coefficient (Wildman–Crippen LogP) is 4.86. The minimum atomic E-state index is -0.825. The molecule has 1 aliphatic heterocycles. The second-order valence-electron chi connectivity index (χ2n) is 6.38. The predicted molar refractivity (Wildman–Crippen MR) is 109 cm³/mol. The van der Waals surface area contributed by atoms with E-state index in [9.17, 15) is 9.90 Å². The topological polar surface area (TPSA) is 58.6 Å². The first-order valence-electron chi connectivity index (χ1n) is 8.61. The quantitative estimate of drug-likeness (QED) is 0.641. The number of carbonyl (C=O) groups is 1. The molecule has 6 heteroatoms. The van der Waals surface area contributed by atoms with Gasteiger partial charge in [0.25, 0.3) is 0 Å². The number of ether oxygens (including phenoxy) is 1. The number of aliphatic carboxylic acids is 1. The van der Waals surface area contributed by atoms with Crippen LogP contribution in [0.5, 0.6) is 5.75 Å². The van der Waals surface area contributed by atoms with Gasteiger partial charge >= 0.3 is 5.97 Å². The van der Waals surface area contributed by atoms with Crippen molar-refractivity contribution in [2.24, 2.45) is 0 Å². The fourth-order valence-electron chi connectivity index (χ4n) is 3.19. The smallest absolute Gasteiger partial charge is 0.321 e. The fourth-order valence-corrected chi connectivity index (χ4v) is 4.61. The highest BCUT2D eigenvalue weighted by molar-refractivity contribution is 7.99. The minimum Gasteiger partial charge on any atom is -0.489 e. The number of thioether (sulfide) groups is 1. The summed E-state index contributed by atoms with van der Waals surface area (Å²) < 4.78 is 6.14. The van der Waals surface area contributed by atoms with Gasteiger partial charge in [-0.2, -0.15) is 0 Å². The van der Waals surface area contributed by atoms with Crippen molar-refractivity contribution in [2.75, 3.05) is 5.75 Å². The Balaban J connectivity index is 1.67. The van der Waals surface area contributed by atoms with Crippen LogP contribution < -0.4 is 10.1 Å². The Kier molecular flexibility index (Phi) is 5.25. The van der Waals surface area contributed by atoms with Crippen molar-refractivity contribution in [3.63, 3.8) is 0 Å². The maximum Gasteiger partial charge on any atom is 0.321 e. The lowest BCUT2D eigenvalue weighted by Crippen LogP contribution is -2.33. The van der Waals surface area contributed by atoms with Crippen molar-refractivity contribution in [1.82, 2.24) is 5.32 Å². The van der Waals surface area contributed by atoms with Gasteiger partial charge < -0.3 is 9.84 Å². The number of fused-ring (bicyclic) bond motifs is 1. The van der Waals surface area contributed by atoms with Gasteiger partial charge in [-0.15, -0.1) is 11.8 Å². The van der Waals surface area contributed by atoms with Crippen LogP contribution in [0.2, 0.25) is 5.02 Å². The molecule has 3 aromatic rings. The number of carboxylic acid groups (broad SMARTS) is 1. The van der Waals surface area contributed by atoms with Crippen LogP contribution in [0.25, 0.3) is 10.8 Å². The van der Waals surface area contributed by atoms with Gasteiger partial charge in [0.15, 0.2) is 0 Å². The van der Waals surface area contributed by atoms with Gasteiger partial charge in [0, 0.05) is 16.3 Å². The largest absolute Gasteiger partial charge is 0.489 e. The number of halogens is 1. The van der Waals surface area contributed by atoms with Gasteiger partial charge in [-0.05, 0) is 34.5 Å². The molecular formula is C21H18ClNO3S. The maximum atomic E-state index is 11.3. The Labute approximate surface area is 166 Å². The summed E-state index contributed by atoms with van der Waals surface area (Å²) >= 11 is 7.54. The SMILES string of the molecule is O=C(O)[C@H]1CS[C@H](c2c(OCc3ccc(Cl)cc3)ccc3ccccc23)N1. The highest BCUT2D eigenvalue weighted by Gasteiger charge is 2.33. The highest BCUT2D eigenvalue weighted by atomic mass is 35.5. The van der Waals surface area contributed by atoms with Crippen molar-refractivity contribution in [3.05, 3.63) is 76.8 Å². The van der Waals surface area contributed by atoms with Crippen molar-refractivity contribution in [2.45, 2.75) is 18.0 Å². The molecular weight excluding hydrogens is 382 g/mol. The number of carboxylic acids is 1. The molecule has 27 heavy (non-hydrogen) atoms. The highest BCUT2D eigenvalue weighted by Crippen LogP contribution is 2.42. The summed E-state index contributed by atoms with van der Waals surface area (Å²) in [5.41, 5.74) is 2.02. The van der Waals surface area contributed by atoms with E-state index in [4.69, 9.17) is 16.3 Å². The Morgan fingerprint density at radius 1 is 1.15 bits per heavy atom. The number of benzene rings is 3. The van der Waals surface area contributed by atoms with Crippen LogP contribution >= 0.6 is 23.4 Å². The monoisotopic (exact) mass is 399 g/mol. The molecule has 1 aliphatic rings. The first-order valence-corrected chi connectivity index (χ1v) is 10.0. The molecule has 4 rings (SSSR count). The van der Waals surface area contributed by atoms with Crippen LogP contribution in [0, 0.1) is 0 Å². The number of rotatable bonds is 5. The van der Waals surface area contributed by atoms with E-state index < -0.39 is 12.0 Å². The van der Waals surface area contributed by atoms with Crippen molar-refractivity contribution < 1.29 is 14.6 Å². The summed E-state index contributed by atoms with van der Waals surface area (Å²) in [5.74, 6) is 0.466. The molecule has 3 aromatic carbocycles. The van der Waals surface area contributed by atoms with Gasteiger partial charge in [-0.25, -0.2) is 0 Å². The van der Waals surface area contributed by atoms with E-state index in [2.05, 4.69) is 17.4 Å². The summed E-state index contributed by atoms with van der Waals surface area (Å²) in [6.45, 7) is 0.419. The third kappa shape index (κ3) is 3.90. The van der Waals surface area contributed by atoms with Crippen LogP contribution in [0.4, 0.5) is 0 Å². The molecule has 1 fully saturated rings. The Morgan fingerprint density at radius 2 is 1.93 bits per heavy atom. The average molecular weight is 400 g/mol. The Morgan fingerprint density at radius 3 is 2.67 bits per heavy atom. The van der Waals surface area contributed by atoms with Crippen LogP contribution in [-0.2, 0) is 11.4 Å². The zero-order valence-corrected chi connectivity index (χ0v) is 16.0. The van der Waals surface area contributed by atoms with Gasteiger partial charge in [0.05, 0.1) is 5.37 Å². The standard InChI is InChI=1S/C21H18ClNO3S/c22-15-8-5-13(6-9-15)11-26-18-10-7-14-3-1-2-4-16(14)19(18)20-23-17(12-27-20)21(24)25/h1-10,17,20,23H,11-12H2,(H,24,25)/t17-,20-/m1/s1. The third-order valence-corrected chi connectivity index (χ3v) is 6.06. The van der Waals surface area contributed by atoms with Crippen LogP contribution in [0.1, 0.15) is 16.5 Å². The average Bonchev–Trinajstić information content (AvgIpc) is 3.17. The van der Waals surface area contributed by atoms with E-state index >= 15 is 0 Å². The lowest BCUT2D eigenvalue weighted by Gasteiger charge is -2.19. The number of nitrogens with one attached hydrogen (secondary N) is 1. The molecule has 2 N–H and O–H groups in total. The molecule has 1 heterocycles. The van der Waals surface area contributed by atoms with Crippen LogP contribution in [-0.4, -0.2) is 22.9 Å². The Hall–Kier alpha value is -2.21. The molecule has 0 bridgehead atoms. The van der Waals surface area contributed by atoms with Gasteiger partial charge in [-0.3, -0.25) is 10.1 Å². The van der Waals surface area contributed by atoms with Gasteiger partial charge in [-0.1, -0.05) is 54.1 Å². The molecule has 2 atom stereocenters. The normalized spacial score (nSPS) is 19.3. The molecule has 4 nitrogen and oxygen atoms in total. The fraction of sp³-hybridized carbons (Fsp3) is 0.190. The first kappa shape index (κ1) is 18.2. The molecule has 0 saturated carbocycles. The summed E-state index contributed by atoms with van der Waals surface area (Å²) in [6, 6.07) is 19.1. The lowest BCUT2D eigenvalue weighted by molar-refractivity contribution is -0.138. The van der Waals surface area contributed by atoms with Crippen LogP contribution in [0.3, 0.4) is 0 Å². The second kappa shape index (κ2) is 7.80. The summed E-state index contributed by atoms with van der Waals surface area (Å²) in [7, 11) is 0. The molecule has 138 valence electrons. The summed E-state index contributed by atoms with van der Waals surface area (Å²) in [6.07, 6.45) is 0. The molecule has 0 unspecified atom stereocenters. The van der Waals surface area contributed by atoms with Crippen molar-refractivity contribution in [1.29, 1.82) is 0 Å². The van der Waals surface area contributed by atoms with E-state index in [1.165, 1.54) is 0 Å². The Bertz CT molecular complexity index is 977. The number of hydrogen-bond acceptors (Lipinski definition) is 4. The molecule has 0 spiro atoms.